The molecule has 5 rings (SSSR count). The molecule has 0 bridgehead atoms. The number of nitrogens with zero attached hydrogens (tertiary/aromatic N) is 1. The van der Waals surface area contributed by atoms with Crippen molar-refractivity contribution in [3.8, 4) is 5.75 Å². The molecule has 1 N–H and O–H groups in total. The highest BCUT2D eigenvalue weighted by Crippen LogP contribution is 2.40. The van der Waals surface area contributed by atoms with Crippen LogP contribution < -0.4 is 4.74 Å². The van der Waals surface area contributed by atoms with Gasteiger partial charge in [-0.3, -0.25) is 0 Å². The van der Waals surface area contributed by atoms with Crippen molar-refractivity contribution < 1.29 is 14.7 Å². The molecule has 4 aromatic rings. The molecule has 0 amide bonds. The van der Waals surface area contributed by atoms with Crippen LogP contribution in [0.15, 0.2) is 113 Å². The third-order valence-electron chi connectivity index (χ3n) is 5.63. The number of oxime groups is 1. The fraction of sp³-hybridized carbons (Fsp3) is 0.0690. The van der Waals surface area contributed by atoms with Crippen LogP contribution in [0.25, 0.3) is 11.6 Å². The lowest BCUT2D eigenvalue weighted by molar-refractivity contribution is 0.275. The van der Waals surface area contributed by atoms with Crippen LogP contribution in [0.1, 0.15) is 21.6 Å². The third kappa shape index (κ3) is 5.16. The number of rotatable bonds is 7. The van der Waals surface area contributed by atoms with Crippen LogP contribution >= 0.6 is 22.9 Å². The lowest BCUT2D eigenvalue weighted by Crippen LogP contribution is -2.25. The number of halogens is 1. The number of allylic oxidation sites excluding steroid dienone is 1. The Labute approximate surface area is 213 Å². The second-order valence-electron chi connectivity index (χ2n) is 7.92. The number of benzene rings is 3. The molecule has 1 aliphatic rings. The van der Waals surface area contributed by atoms with E-state index in [4.69, 9.17) is 21.1 Å². The fourth-order valence-electron chi connectivity index (χ4n) is 3.88. The van der Waals surface area contributed by atoms with E-state index in [0.29, 0.717) is 41.0 Å². The van der Waals surface area contributed by atoms with E-state index in [-0.39, 0.29) is 0 Å². The minimum atomic E-state index is 0.401. The molecule has 35 heavy (non-hydrogen) atoms. The molecule has 1 aromatic heterocycles. The summed E-state index contributed by atoms with van der Waals surface area (Å²) in [6, 6.07) is 29.5. The minimum Gasteiger partial charge on any atom is -0.488 e. The summed E-state index contributed by atoms with van der Waals surface area (Å²) in [5.41, 5.74) is 4.10. The summed E-state index contributed by atoms with van der Waals surface area (Å²) in [5, 5.41) is 16.1. The van der Waals surface area contributed by atoms with Crippen molar-refractivity contribution in [2.24, 2.45) is 5.16 Å². The number of para-hydroxylation sites is 1. The van der Waals surface area contributed by atoms with Gasteiger partial charge in [0.1, 0.15) is 12.4 Å². The summed E-state index contributed by atoms with van der Waals surface area (Å²) < 4.78 is 12.4. The Morgan fingerprint density at radius 3 is 2.49 bits per heavy atom. The van der Waals surface area contributed by atoms with Gasteiger partial charge in [-0.25, -0.2) is 0 Å². The molecule has 4 nitrogen and oxygen atoms in total. The van der Waals surface area contributed by atoms with Crippen LogP contribution in [0.2, 0.25) is 5.02 Å². The lowest BCUT2D eigenvalue weighted by atomic mass is 9.92. The maximum absolute atomic E-state index is 9.87. The van der Waals surface area contributed by atoms with Crippen molar-refractivity contribution >= 4 is 40.3 Å². The Hall–Kier alpha value is -3.80. The van der Waals surface area contributed by atoms with E-state index in [1.165, 1.54) is 0 Å². The molecule has 0 spiro atoms. The van der Waals surface area contributed by atoms with Gasteiger partial charge in [0, 0.05) is 33.5 Å². The average molecular weight is 500 g/mol. The molecule has 0 aliphatic carbocycles. The average Bonchev–Trinajstić information content (AvgIpc) is 3.40. The first-order valence-electron chi connectivity index (χ1n) is 11.1. The molecule has 2 heterocycles. The Balaban J connectivity index is 1.55. The van der Waals surface area contributed by atoms with Crippen molar-refractivity contribution in [2.45, 2.75) is 13.0 Å². The van der Waals surface area contributed by atoms with Crippen molar-refractivity contribution in [2.75, 3.05) is 0 Å². The van der Waals surface area contributed by atoms with Crippen molar-refractivity contribution in [1.82, 2.24) is 0 Å². The van der Waals surface area contributed by atoms with Gasteiger partial charge in [0.15, 0.2) is 17.2 Å². The van der Waals surface area contributed by atoms with Crippen LogP contribution in [0.4, 0.5) is 0 Å². The molecule has 0 atom stereocenters. The molecule has 174 valence electrons. The van der Waals surface area contributed by atoms with Gasteiger partial charge < -0.3 is 14.7 Å². The Kier molecular flexibility index (Phi) is 6.98. The standard InChI is InChI=1S/C29H22ClNO3S/c30-25-14-6-4-11-21(25)17-24(29-28(31-32)27(34-29)18-22-12-8-16-35-22)23-13-5-7-15-26(23)33-19-20-9-2-1-3-10-20/h1-16,18,32H,17,19H2/b27-18-,29-24-,31-28+. The molecule has 0 unspecified atom stereocenters. The third-order valence-corrected chi connectivity index (χ3v) is 6.81. The van der Waals surface area contributed by atoms with Gasteiger partial charge in [0.25, 0.3) is 0 Å². The van der Waals surface area contributed by atoms with Gasteiger partial charge in [-0.2, -0.15) is 0 Å². The van der Waals surface area contributed by atoms with Crippen LogP contribution in [-0.4, -0.2) is 10.9 Å². The first kappa shape index (κ1) is 23.0. The normalized spacial score (nSPS) is 16.6. The summed E-state index contributed by atoms with van der Waals surface area (Å²) >= 11 is 8.10. The lowest BCUT2D eigenvalue weighted by Gasteiger charge is -2.28. The SMILES string of the molecule is O/N=C1C(=C\c2cccs2)\OC\1=C(\Cc1ccccc1Cl)c1ccccc1OCc1ccccc1. The van der Waals surface area contributed by atoms with Crippen LogP contribution in [0.3, 0.4) is 0 Å². The Morgan fingerprint density at radius 1 is 0.943 bits per heavy atom. The minimum absolute atomic E-state index is 0.401. The number of ether oxygens (including phenoxy) is 2. The predicted molar refractivity (Wildman–Crippen MR) is 142 cm³/mol. The van der Waals surface area contributed by atoms with E-state index >= 15 is 0 Å². The van der Waals surface area contributed by atoms with Crippen LogP contribution in [-0.2, 0) is 17.8 Å². The smallest absolute Gasteiger partial charge is 0.188 e. The highest BCUT2D eigenvalue weighted by atomic mass is 35.5. The first-order chi connectivity index (χ1) is 17.2. The zero-order chi connectivity index (χ0) is 24.0. The molecule has 0 saturated carbocycles. The molecule has 1 fully saturated rings. The highest BCUT2D eigenvalue weighted by Gasteiger charge is 2.34. The number of hydrogen-bond donors (Lipinski definition) is 1. The predicted octanol–water partition coefficient (Wildman–Crippen LogP) is 7.84. The molecule has 6 heteroatoms. The van der Waals surface area contributed by atoms with Gasteiger partial charge in [0.05, 0.1) is 0 Å². The zero-order valence-electron chi connectivity index (χ0n) is 18.7. The van der Waals surface area contributed by atoms with Gasteiger partial charge in [-0.15, -0.1) is 11.3 Å². The molecule has 0 radical (unpaired) electrons. The van der Waals surface area contributed by atoms with E-state index in [1.54, 1.807) is 11.3 Å². The topological polar surface area (TPSA) is 51.1 Å². The van der Waals surface area contributed by atoms with Crippen LogP contribution in [0.5, 0.6) is 5.75 Å². The van der Waals surface area contributed by atoms with Gasteiger partial charge >= 0.3 is 0 Å². The van der Waals surface area contributed by atoms with Crippen molar-refractivity contribution in [3.05, 3.63) is 134 Å². The molecule has 3 aromatic carbocycles. The van der Waals surface area contributed by atoms with E-state index in [2.05, 4.69) is 5.16 Å². The first-order valence-corrected chi connectivity index (χ1v) is 12.4. The maximum Gasteiger partial charge on any atom is 0.188 e. The second kappa shape index (κ2) is 10.6. The largest absolute Gasteiger partial charge is 0.488 e. The summed E-state index contributed by atoms with van der Waals surface area (Å²) in [5.74, 6) is 1.73. The summed E-state index contributed by atoms with van der Waals surface area (Å²) in [6.45, 7) is 0.428. The summed E-state index contributed by atoms with van der Waals surface area (Å²) in [6.07, 6.45) is 2.35. The summed E-state index contributed by atoms with van der Waals surface area (Å²) in [4.78, 5) is 1.01. The van der Waals surface area contributed by atoms with Gasteiger partial charge in [-0.05, 0) is 34.7 Å². The Morgan fingerprint density at radius 2 is 1.71 bits per heavy atom. The maximum atomic E-state index is 9.87. The Bertz CT molecular complexity index is 1410. The highest BCUT2D eigenvalue weighted by molar-refractivity contribution is 7.10. The van der Waals surface area contributed by atoms with E-state index in [9.17, 15) is 5.21 Å². The van der Waals surface area contributed by atoms with Crippen molar-refractivity contribution in [3.63, 3.8) is 0 Å². The molecular formula is C29H22ClNO3S. The summed E-state index contributed by atoms with van der Waals surface area (Å²) in [7, 11) is 0. The second-order valence-corrected chi connectivity index (χ2v) is 9.31. The van der Waals surface area contributed by atoms with Gasteiger partial charge in [-0.1, -0.05) is 89.6 Å². The fourth-order valence-corrected chi connectivity index (χ4v) is 4.73. The quantitative estimate of drug-likeness (QED) is 0.208. The monoisotopic (exact) mass is 499 g/mol. The molecule has 1 aliphatic heterocycles. The number of hydrogen-bond acceptors (Lipinski definition) is 5. The van der Waals surface area contributed by atoms with E-state index < -0.39 is 0 Å². The number of thiophene rings is 1. The van der Waals surface area contributed by atoms with E-state index in [0.717, 1.165) is 27.1 Å². The van der Waals surface area contributed by atoms with Gasteiger partial charge in [0.2, 0.25) is 0 Å². The van der Waals surface area contributed by atoms with Crippen LogP contribution in [0, 0.1) is 0 Å². The zero-order valence-corrected chi connectivity index (χ0v) is 20.3. The molecular weight excluding hydrogens is 478 g/mol. The van der Waals surface area contributed by atoms with Crippen molar-refractivity contribution in [1.29, 1.82) is 0 Å². The van der Waals surface area contributed by atoms with E-state index in [1.807, 2.05) is 102 Å². The molecule has 1 saturated heterocycles.